The number of H-pyrrole nitrogens is 1. The number of ketones is 1. The molecule has 5 heteroatoms. The Morgan fingerprint density at radius 3 is 2.42 bits per heavy atom. The first-order chi connectivity index (χ1) is 11.3. The second kappa shape index (κ2) is 7.79. The van der Waals surface area contributed by atoms with Crippen LogP contribution in [0.2, 0.25) is 0 Å². The average Bonchev–Trinajstić information content (AvgIpc) is 2.86. The third-order valence-electron chi connectivity index (χ3n) is 4.06. The first kappa shape index (κ1) is 18.5. The molecule has 1 unspecified atom stereocenters. The molecule has 1 atom stereocenters. The van der Waals surface area contributed by atoms with Gasteiger partial charge in [-0.2, -0.15) is 0 Å². The fourth-order valence-corrected chi connectivity index (χ4v) is 3.29. The van der Waals surface area contributed by atoms with Gasteiger partial charge in [-0.05, 0) is 56.9 Å². The van der Waals surface area contributed by atoms with E-state index in [9.17, 15) is 9.59 Å². The fourth-order valence-electron chi connectivity index (χ4n) is 3.02. The molecule has 4 nitrogen and oxygen atoms in total. The van der Waals surface area contributed by atoms with E-state index in [1.807, 2.05) is 45.0 Å². The zero-order valence-corrected chi connectivity index (χ0v) is 16.1. The standard InChI is InChI=1S/C19H23BrN2O2/c1-5-16-17(13(4)23)12(3)22-18(16)19(24)21-11(2)10-14-6-8-15(20)9-7-14/h6-9,11,22H,5,10H2,1-4H3,(H,21,24). The van der Waals surface area contributed by atoms with Crippen LogP contribution in [0.15, 0.2) is 28.7 Å². The number of amides is 1. The van der Waals surface area contributed by atoms with Gasteiger partial charge in [0, 0.05) is 21.8 Å². The normalized spacial score (nSPS) is 12.0. The lowest BCUT2D eigenvalue weighted by Gasteiger charge is -2.14. The molecular weight excluding hydrogens is 368 g/mol. The van der Waals surface area contributed by atoms with Crippen molar-refractivity contribution < 1.29 is 9.59 Å². The van der Waals surface area contributed by atoms with Crippen LogP contribution in [-0.4, -0.2) is 22.7 Å². The number of hydrogen-bond donors (Lipinski definition) is 2. The number of aromatic amines is 1. The summed E-state index contributed by atoms with van der Waals surface area (Å²) in [5.74, 6) is -0.172. The van der Waals surface area contributed by atoms with Gasteiger partial charge in [0.2, 0.25) is 0 Å². The van der Waals surface area contributed by atoms with Crippen molar-refractivity contribution in [3.63, 3.8) is 0 Å². The van der Waals surface area contributed by atoms with Gasteiger partial charge >= 0.3 is 0 Å². The lowest BCUT2D eigenvalue weighted by molar-refractivity contribution is 0.0934. The Morgan fingerprint density at radius 2 is 1.88 bits per heavy atom. The molecule has 1 aromatic heterocycles. The highest BCUT2D eigenvalue weighted by Gasteiger charge is 2.22. The third kappa shape index (κ3) is 4.15. The van der Waals surface area contributed by atoms with Crippen molar-refractivity contribution in [3.05, 3.63) is 56.8 Å². The average molecular weight is 391 g/mol. The molecule has 0 bridgehead atoms. The van der Waals surface area contributed by atoms with Gasteiger partial charge in [0.1, 0.15) is 5.69 Å². The van der Waals surface area contributed by atoms with Crippen molar-refractivity contribution in [2.45, 2.75) is 46.6 Å². The highest BCUT2D eigenvalue weighted by Crippen LogP contribution is 2.20. The van der Waals surface area contributed by atoms with Gasteiger partial charge in [0.05, 0.1) is 0 Å². The Kier molecular flexibility index (Phi) is 5.99. The smallest absolute Gasteiger partial charge is 0.268 e. The molecular formula is C19H23BrN2O2. The molecule has 0 spiro atoms. The molecule has 128 valence electrons. The monoisotopic (exact) mass is 390 g/mol. The van der Waals surface area contributed by atoms with Crippen molar-refractivity contribution in [1.82, 2.24) is 10.3 Å². The molecule has 0 aliphatic rings. The molecule has 0 saturated carbocycles. The van der Waals surface area contributed by atoms with Crippen molar-refractivity contribution in [2.24, 2.45) is 0 Å². The van der Waals surface area contributed by atoms with E-state index in [0.29, 0.717) is 17.7 Å². The Labute approximate surface area is 151 Å². The van der Waals surface area contributed by atoms with Gasteiger partial charge in [-0.3, -0.25) is 9.59 Å². The maximum Gasteiger partial charge on any atom is 0.268 e. The van der Waals surface area contributed by atoms with E-state index in [1.165, 1.54) is 6.92 Å². The molecule has 2 aromatic rings. The first-order valence-electron chi connectivity index (χ1n) is 8.11. The molecule has 2 N–H and O–H groups in total. The van der Waals surface area contributed by atoms with Crippen LogP contribution >= 0.6 is 15.9 Å². The minimum atomic E-state index is -0.160. The topological polar surface area (TPSA) is 62.0 Å². The summed E-state index contributed by atoms with van der Waals surface area (Å²) in [6.45, 7) is 7.30. The summed E-state index contributed by atoms with van der Waals surface area (Å²) in [5, 5.41) is 3.02. The lowest BCUT2D eigenvalue weighted by atomic mass is 10.0. The predicted molar refractivity (Wildman–Crippen MR) is 99.7 cm³/mol. The molecule has 0 saturated heterocycles. The molecule has 0 aliphatic heterocycles. The number of benzene rings is 1. The molecule has 0 fully saturated rings. The van der Waals surface area contributed by atoms with Gasteiger partial charge in [0.15, 0.2) is 5.78 Å². The van der Waals surface area contributed by atoms with E-state index in [4.69, 9.17) is 0 Å². The third-order valence-corrected chi connectivity index (χ3v) is 4.59. The SMILES string of the molecule is CCc1c(C(=O)NC(C)Cc2ccc(Br)cc2)[nH]c(C)c1C(C)=O. The highest BCUT2D eigenvalue weighted by atomic mass is 79.9. The predicted octanol–water partition coefficient (Wildman–Crippen LogP) is 4.21. The summed E-state index contributed by atoms with van der Waals surface area (Å²) >= 11 is 3.42. The fraction of sp³-hybridized carbons (Fsp3) is 0.368. The number of nitrogens with one attached hydrogen (secondary N) is 2. The number of hydrogen-bond acceptors (Lipinski definition) is 2. The van der Waals surface area contributed by atoms with Crippen molar-refractivity contribution in [2.75, 3.05) is 0 Å². The van der Waals surface area contributed by atoms with Crippen LogP contribution in [0, 0.1) is 6.92 Å². The van der Waals surface area contributed by atoms with E-state index >= 15 is 0 Å². The Balaban J connectivity index is 2.13. The number of aromatic nitrogens is 1. The molecule has 1 heterocycles. The number of halogens is 1. The molecule has 24 heavy (non-hydrogen) atoms. The summed E-state index contributed by atoms with van der Waals surface area (Å²) in [5.41, 5.74) is 3.86. The molecule has 1 amide bonds. The maximum absolute atomic E-state index is 12.6. The highest BCUT2D eigenvalue weighted by molar-refractivity contribution is 9.10. The van der Waals surface area contributed by atoms with Gasteiger partial charge in [-0.15, -0.1) is 0 Å². The second-order valence-corrected chi connectivity index (χ2v) is 7.01. The van der Waals surface area contributed by atoms with Crippen LogP contribution in [-0.2, 0) is 12.8 Å². The molecule has 2 rings (SSSR count). The van der Waals surface area contributed by atoms with Crippen LogP contribution in [0.3, 0.4) is 0 Å². The molecule has 1 aromatic carbocycles. The molecule has 0 radical (unpaired) electrons. The number of carbonyl (C=O) groups is 2. The second-order valence-electron chi connectivity index (χ2n) is 6.09. The zero-order valence-electron chi connectivity index (χ0n) is 14.5. The minimum absolute atomic E-state index is 0.00670. The quantitative estimate of drug-likeness (QED) is 0.725. The maximum atomic E-state index is 12.6. The number of rotatable bonds is 6. The van der Waals surface area contributed by atoms with Crippen molar-refractivity contribution in [3.8, 4) is 0 Å². The van der Waals surface area contributed by atoms with Gasteiger partial charge in [0.25, 0.3) is 5.91 Å². The number of carbonyl (C=O) groups excluding carboxylic acids is 2. The first-order valence-corrected chi connectivity index (χ1v) is 8.90. The van der Waals surface area contributed by atoms with Gasteiger partial charge in [-0.1, -0.05) is 35.0 Å². The van der Waals surface area contributed by atoms with E-state index in [-0.39, 0.29) is 17.7 Å². The largest absolute Gasteiger partial charge is 0.354 e. The minimum Gasteiger partial charge on any atom is -0.354 e. The number of aryl methyl sites for hydroxylation is 1. The van der Waals surface area contributed by atoms with Crippen molar-refractivity contribution >= 4 is 27.6 Å². The summed E-state index contributed by atoms with van der Waals surface area (Å²) in [7, 11) is 0. The Hall–Kier alpha value is -1.88. The van der Waals surface area contributed by atoms with E-state index < -0.39 is 0 Å². The van der Waals surface area contributed by atoms with E-state index in [1.54, 1.807) is 0 Å². The molecule has 0 aliphatic carbocycles. The van der Waals surface area contributed by atoms with Crippen LogP contribution < -0.4 is 5.32 Å². The lowest BCUT2D eigenvalue weighted by Crippen LogP contribution is -2.34. The summed E-state index contributed by atoms with van der Waals surface area (Å²) in [4.78, 5) is 27.5. The number of Topliss-reactive ketones (excluding diaryl/α,β-unsaturated/α-hetero) is 1. The summed E-state index contributed by atoms with van der Waals surface area (Å²) in [6, 6.07) is 8.06. The van der Waals surface area contributed by atoms with Crippen LogP contribution in [0.5, 0.6) is 0 Å². The van der Waals surface area contributed by atoms with E-state index in [2.05, 4.69) is 26.2 Å². The zero-order chi connectivity index (χ0) is 17.9. The summed E-state index contributed by atoms with van der Waals surface area (Å²) in [6.07, 6.45) is 1.39. The van der Waals surface area contributed by atoms with Crippen LogP contribution in [0.25, 0.3) is 0 Å². The van der Waals surface area contributed by atoms with Crippen LogP contribution in [0.4, 0.5) is 0 Å². The van der Waals surface area contributed by atoms with Gasteiger partial charge < -0.3 is 10.3 Å². The van der Waals surface area contributed by atoms with Gasteiger partial charge in [-0.25, -0.2) is 0 Å². The van der Waals surface area contributed by atoms with Crippen LogP contribution in [0.1, 0.15) is 58.4 Å². The summed E-state index contributed by atoms with van der Waals surface area (Å²) < 4.78 is 1.04. The Bertz CT molecular complexity index is 747. The van der Waals surface area contributed by atoms with E-state index in [0.717, 1.165) is 27.7 Å². The van der Waals surface area contributed by atoms with Crippen molar-refractivity contribution in [1.29, 1.82) is 0 Å². The Morgan fingerprint density at radius 1 is 1.25 bits per heavy atom.